The van der Waals surface area contributed by atoms with Gasteiger partial charge in [0, 0.05) is 22.9 Å². The zero-order valence-electron chi connectivity index (χ0n) is 15.0. The third kappa shape index (κ3) is 10.6. The van der Waals surface area contributed by atoms with Crippen molar-refractivity contribution in [2.75, 3.05) is 0 Å². The molecule has 2 nitrogen and oxygen atoms in total. The van der Waals surface area contributed by atoms with Crippen molar-refractivity contribution in [2.45, 2.75) is 8.57 Å². The lowest BCUT2D eigenvalue weighted by Crippen LogP contribution is -2.09. The van der Waals surface area contributed by atoms with Gasteiger partial charge in [-0.25, -0.2) is 0 Å². The van der Waals surface area contributed by atoms with Gasteiger partial charge in [-0.15, -0.1) is 0 Å². The van der Waals surface area contributed by atoms with Crippen molar-refractivity contribution in [2.24, 2.45) is 0 Å². The van der Waals surface area contributed by atoms with E-state index in [1.54, 1.807) is 12.1 Å². The Morgan fingerprint density at radius 3 is 1.12 bits per heavy atom. The van der Waals surface area contributed by atoms with Gasteiger partial charge in [-0.3, -0.25) is 0 Å². The summed E-state index contributed by atoms with van der Waals surface area (Å²) in [7, 11) is 0. The second kappa shape index (κ2) is 12.7. The number of benzene rings is 2. The highest BCUT2D eigenvalue weighted by atomic mass is 80.0. The van der Waals surface area contributed by atoms with Crippen LogP contribution in [-0.2, 0) is 20.4 Å². The monoisotopic (exact) mass is 1270 g/mol. The van der Waals surface area contributed by atoms with Crippen molar-refractivity contribution in [3.63, 3.8) is 0 Å². The van der Waals surface area contributed by atoms with Crippen LogP contribution >= 0.6 is 208 Å². The summed E-state index contributed by atoms with van der Waals surface area (Å²) in [5.74, 6) is -2.56. The highest BCUT2D eigenvalue weighted by molar-refractivity contribution is 9.39. The van der Waals surface area contributed by atoms with Crippen LogP contribution in [0.1, 0.15) is 22.3 Å². The molecule has 0 heterocycles. The Bertz CT molecular complexity index is 994. The molecule has 33 heavy (non-hydrogen) atoms. The van der Waals surface area contributed by atoms with Gasteiger partial charge in [0.25, 0.3) is 0 Å². The van der Waals surface area contributed by atoms with E-state index in [-0.39, 0.29) is 0 Å². The molecule has 0 N–H and O–H groups in total. The summed E-state index contributed by atoms with van der Waals surface area (Å²) in [6.45, 7) is 0. The third-order valence-electron chi connectivity index (χ3n) is 3.64. The Hall–Kier alpha value is 4.74. The van der Waals surface area contributed by atoms with Gasteiger partial charge in [-0.05, 0) is 34.5 Å². The van der Waals surface area contributed by atoms with Crippen LogP contribution in [-0.4, -0.2) is 0 Å². The van der Waals surface area contributed by atoms with Crippen molar-refractivity contribution in [3.05, 3.63) is 58.7 Å². The Kier molecular flexibility index (Phi) is 13.1. The largest absolute Gasteiger partial charge is 0.424 e. The second-order valence-corrected chi connectivity index (χ2v) is 37.7. The summed E-state index contributed by atoms with van der Waals surface area (Å²) >= 11 is 54.6. The summed E-state index contributed by atoms with van der Waals surface area (Å²) in [6, 6.07) is 11.1. The maximum atomic E-state index is 6.70. The van der Waals surface area contributed by atoms with Crippen LogP contribution in [0.5, 0.6) is 11.5 Å². The van der Waals surface area contributed by atoms with Crippen LogP contribution in [0.3, 0.4) is 0 Å². The molecule has 0 aliphatic carbocycles. The zero-order valence-corrected chi connectivity index (χ0v) is 36.5. The lowest BCUT2D eigenvalue weighted by Gasteiger charge is -2.26. The fraction of sp³-hybridized carbons (Fsp3) is 0.250. The molecule has 0 spiro atoms. The highest BCUT2D eigenvalue weighted by Crippen LogP contribution is 2.60. The zero-order chi connectivity index (χ0) is 25.6. The fourth-order valence-corrected chi connectivity index (χ4v) is 7.45. The first kappa shape index (κ1) is 33.9. The van der Waals surface area contributed by atoms with Gasteiger partial charge in [-0.1, -0.05) is 215 Å². The van der Waals surface area contributed by atoms with E-state index in [0.717, 1.165) is 11.1 Å². The van der Waals surface area contributed by atoms with Gasteiger partial charge in [-0.2, -0.15) is 0 Å². The van der Waals surface area contributed by atoms with E-state index in [0.29, 0.717) is 22.6 Å². The van der Waals surface area contributed by atoms with Crippen LogP contribution in [0.15, 0.2) is 36.4 Å². The fourth-order valence-electron chi connectivity index (χ4n) is 2.27. The van der Waals surface area contributed by atoms with E-state index in [1.165, 1.54) is 0 Å². The number of rotatable bonds is 4. The molecule has 0 aliphatic rings. The van der Waals surface area contributed by atoms with Crippen molar-refractivity contribution >= 4 is 220 Å². The molecule has 0 bridgehead atoms. The standard InChI is InChI=1S/C16H6Br12ClO2PS/c17-13(18,19)7-1-3-9(15(23,24)25)11(5-7)30-32(29,33)31-12-6-8(14(20,21)22)2-4-10(12)16(26,27)28/h1-6H. The highest BCUT2D eigenvalue weighted by Gasteiger charge is 2.34. The first-order chi connectivity index (χ1) is 14.6. The van der Waals surface area contributed by atoms with Gasteiger partial charge in [0.2, 0.25) is 0 Å². The molecule has 0 radical (unpaired) electrons. The van der Waals surface area contributed by atoms with Crippen LogP contribution in [0.2, 0.25) is 0 Å². The maximum absolute atomic E-state index is 6.70. The van der Waals surface area contributed by atoms with Crippen LogP contribution in [0, 0.1) is 0 Å². The molecule has 0 aromatic heterocycles. The Morgan fingerprint density at radius 2 is 0.879 bits per heavy atom. The molecule has 0 fully saturated rings. The van der Waals surface area contributed by atoms with Gasteiger partial charge in [0.1, 0.15) is 11.5 Å². The van der Waals surface area contributed by atoms with E-state index < -0.39 is 14.4 Å². The molecule has 0 amide bonds. The number of hydrogen-bond donors (Lipinski definition) is 0. The molecular weight excluding hydrogens is 1280 g/mol. The minimum atomic E-state index is -3.38. The van der Waals surface area contributed by atoms with Crippen LogP contribution in [0.25, 0.3) is 0 Å². The summed E-state index contributed by atoms with van der Waals surface area (Å²) in [4.78, 5) is 0. The van der Waals surface area contributed by atoms with Crippen molar-refractivity contribution in [3.8, 4) is 11.5 Å². The quantitative estimate of drug-likeness (QED) is 0.225. The average molecular weight is 1290 g/mol. The summed E-state index contributed by atoms with van der Waals surface area (Å²) in [6.07, 6.45) is 0. The summed E-state index contributed by atoms with van der Waals surface area (Å²) in [5, 5.41) is 0. The van der Waals surface area contributed by atoms with E-state index >= 15 is 0 Å². The van der Waals surface area contributed by atoms with E-state index in [1.807, 2.05) is 24.3 Å². The lowest BCUT2D eigenvalue weighted by atomic mass is 10.1. The van der Waals surface area contributed by atoms with Crippen molar-refractivity contribution in [1.82, 2.24) is 0 Å². The van der Waals surface area contributed by atoms with Crippen molar-refractivity contribution < 1.29 is 9.05 Å². The first-order valence-electron chi connectivity index (χ1n) is 7.87. The lowest BCUT2D eigenvalue weighted by molar-refractivity contribution is 0.499. The van der Waals surface area contributed by atoms with Gasteiger partial charge in [0.15, 0.2) is 8.57 Å². The minimum absolute atomic E-state index is 0.412. The maximum Gasteiger partial charge on any atom is 0.384 e. The number of halogens is 13. The smallest absolute Gasteiger partial charge is 0.384 e. The molecular formula is C16H6Br12ClO2PS. The predicted molar refractivity (Wildman–Crippen MR) is 188 cm³/mol. The Labute approximate surface area is 302 Å². The molecule has 0 aliphatic heterocycles. The SMILES string of the molecule is S=P(Cl)(Oc1cc(C(Br)(Br)Br)ccc1C(Br)(Br)Br)Oc1cc(C(Br)(Br)Br)ccc1C(Br)(Br)Br. The molecule has 2 aromatic carbocycles. The van der Waals surface area contributed by atoms with Crippen LogP contribution < -0.4 is 9.05 Å². The average Bonchev–Trinajstić information content (AvgIpc) is 2.57. The Balaban J connectivity index is 2.56. The molecule has 2 aromatic rings. The number of alkyl halides is 12. The van der Waals surface area contributed by atoms with E-state index in [9.17, 15) is 0 Å². The summed E-state index contributed by atoms with van der Waals surface area (Å²) < 4.78 is 9.38. The molecule has 2 rings (SSSR count). The molecule has 0 unspecified atom stereocenters. The predicted octanol–water partition coefficient (Wildman–Crippen LogP) is 13.8. The molecule has 17 heteroatoms. The minimum Gasteiger partial charge on any atom is -0.424 e. The first-order valence-corrected chi connectivity index (χ1v) is 20.9. The second-order valence-electron chi connectivity index (χ2n) is 6.03. The molecule has 0 saturated carbocycles. The number of hydrogen-bond acceptors (Lipinski definition) is 3. The topological polar surface area (TPSA) is 18.5 Å². The van der Waals surface area contributed by atoms with E-state index in [2.05, 4.69) is 191 Å². The molecule has 0 atom stereocenters. The van der Waals surface area contributed by atoms with Gasteiger partial charge >= 0.3 is 5.84 Å². The Morgan fingerprint density at radius 1 is 0.576 bits per heavy atom. The van der Waals surface area contributed by atoms with Crippen LogP contribution in [0.4, 0.5) is 0 Å². The van der Waals surface area contributed by atoms with Crippen molar-refractivity contribution in [1.29, 1.82) is 0 Å². The third-order valence-corrected chi connectivity index (χ3v) is 10.6. The molecule has 184 valence electrons. The van der Waals surface area contributed by atoms with E-state index in [4.69, 9.17) is 32.1 Å². The van der Waals surface area contributed by atoms with Gasteiger partial charge < -0.3 is 9.05 Å². The summed E-state index contributed by atoms with van der Waals surface area (Å²) in [5.41, 5.74) is 3.03. The van der Waals surface area contributed by atoms with Gasteiger partial charge in [0.05, 0.1) is 0 Å². The molecule has 0 saturated heterocycles. The normalized spacial score (nSPS) is 13.7.